The molecule has 72 valence electrons. The molecule has 1 atom stereocenters. The number of aliphatic hydroxyl groups excluding tert-OH is 1. The summed E-state index contributed by atoms with van der Waals surface area (Å²) in [6, 6.07) is 0. The van der Waals surface area contributed by atoms with Crippen LogP contribution in [0.4, 0.5) is 0 Å². The molecular formula is C7H12N4O2. The summed E-state index contributed by atoms with van der Waals surface area (Å²) < 4.78 is 1.45. The molecule has 1 heterocycles. The standard InChI is InChI=1S/C7H12N4O2/c1-4(12)3-11-5(2)6(7(8)13)9-10-11/h4,12H,3H2,1-2H3,(H2,8,13). The Kier molecular flexibility index (Phi) is 2.62. The minimum absolute atomic E-state index is 0.153. The van der Waals surface area contributed by atoms with E-state index < -0.39 is 12.0 Å². The number of aromatic nitrogens is 3. The van der Waals surface area contributed by atoms with Crippen LogP contribution in [0.1, 0.15) is 23.1 Å². The SMILES string of the molecule is Cc1c(C(N)=O)nnn1CC(C)O. The van der Waals surface area contributed by atoms with Gasteiger partial charge in [0, 0.05) is 0 Å². The molecule has 1 aromatic rings. The summed E-state index contributed by atoms with van der Waals surface area (Å²) in [7, 11) is 0. The van der Waals surface area contributed by atoms with Crippen LogP contribution in [0.15, 0.2) is 0 Å². The summed E-state index contributed by atoms with van der Waals surface area (Å²) in [5.41, 5.74) is 5.77. The summed E-state index contributed by atoms with van der Waals surface area (Å²) in [4.78, 5) is 10.8. The molecule has 1 aromatic heterocycles. The van der Waals surface area contributed by atoms with Gasteiger partial charge in [-0.2, -0.15) is 0 Å². The number of nitrogens with two attached hydrogens (primary N) is 1. The van der Waals surface area contributed by atoms with E-state index in [4.69, 9.17) is 10.8 Å². The van der Waals surface area contributed by atoms with Crippen LogP contribution in [0.2, 0.25) is 0 Å². The Bertz CT molecular complexity index is 318. The van der Waals surface area contributed by atoms with Gasteiger partial charge in [-0.3, -0.25) is 4.79 Å². The molecule has 1 rings (SSSR count). The first-order chi connectivity index (χ1) is 6.02. The Morgan fingerprint density at radius 3 is 2.77 bits per heavy atom. The van der Waals surface area contributed by atoms with E-state index in [0.29, 0.717) is 12.2 Å². The average Bonchev–Trinajstić information content (AvgIpc) is 2.32. The second-order valence-corrected chi connectivity index (χ2v) is 2.92. The number of carbonyl (C=O) groups is 1. The maximum atomic E-state index is 10.8. The van der Waals surface area contributed by atoms with Gasteiger partial charge in [0.15, 0.2) is 5.69 Å². The molecule has 3 N–H and O–H groups in total. The van der Waals surface area contributed by atoms with E-state index in [-0.39, 0.29) is 5.69 Å². The third-order valence-corrected chi connectivity index (χ3v) is 1.65. The van der Waals surface area contributed by atoms with Crippen LogP contribution >= 0.6 is 0 Å². The van der Waals surface area contributed by atoms with Gasteiger partial charge in [-0.1, -0.05) is 5.21 Å². The number of rotatable bonds is 3. The van der Waals surface area contributed by atoms with E-state index in [1.165, 1.54) is 4.68 Å². The number of hydrogen-bond donors (Lipinski definition) is 2. The van der Waals surface area contributed by atoms with E-state index in [2.05, 4.69) is 10.3 Å². The molecule has 0 aliphatic heterocycles. The normalized spacial score (nSPS) is 12.8. The number of hydrogen-bond acceptors (Lipinski definition) is 4. The Morgan fingerprint density at radius 2 is 2.38 bits per heavy atom. The lowest BCUT2D eigenvalue weighted by atomic mass is 10.3. The van der Waals surface area contributed by atoms with Crippen LogP contribution in [0.3, 0.4) is 0 Å². The molecule has 0 saturated heterocycles. The predicted molar refractivity (Wildman–Crippen MR) is 45.0 cm³/mol. The molecule has 0 aromatic carbocycles. The van der Waals surface area contributed by atoms with Gasteiger partial charge >= 0.3 is 0 Å². The van der Waals surface area contributed by atoms with Crippen molar-refractivity contribution in [3.8, 4) is 0 Å². The van der Waals surface area contributed by atoms with Crippen molar-refractivity contribution in [1.29, 1.82) is 0 Å². The Labute approximate surface area is 75.3 Å². The molecule has 0 aliphatic rings. The topological polar surface area (TPSA) is 94.0 Å². The van der Waals surface area contributed by atoms with Crippen molar-refractivity contribution in [3.05, 3.63) is 11.4 Å². The highest BCUT2D eigenvalue weighted by molar-refractivity contribution is 5.91. The van der Waals surface area contributed by atoms with Crippen molar-refractivity contribution >= 4 is 5.91 Å². The summed E-state index contributed by atoms with van der Waals surface area (Å²) >= 11 is 0. The number of amides is 1. The molecule has 0 spiro atoms. The molecule has 6 heteroatoms. The third kappa shape index (κ3) is 2.03. The van der Waals surface area contributed by atoms with Crippen LogP contribution in [0.5, 0.6) is 0 Å². The summed E-state index contributed by atoms with van der Waals surface area (Å²) in [5, 5.41) is 16.4. The monoisotopic (exact) mass is 184 g/mol. The quantitative estimate of drug-likeness (QED) is 0.634. The smallest absolute Gasteiger partial charge is 0.271 e. The van der Waals surface area contributed by atoms with Crippen LogP contribution in [-0.2, 0) is 6.54 Å². The highest BCUT2D eigenvalue weighted by atomic mass is 16.3. The maximum absolute atomic E-state index is 10.8. The van der Waals surface area contributed by atoms with E-state index in [9.17, 15) is 4.79 Å². The lowest BCUT2D eigenvalue weighted by molar-refractivity contribution is 0.0994. The number of primary amides is 1. The highest BCUT2D eigenvalue weighted by Crippen LogP contribution is 2.03. The highest BCUT2D eigenvalue weighted by Gasteiger charge is 2.13. The predicted octanol–water partition coefficient (Wildman–Crippen LogP) is -0.934. The van der Waals surface area contributed by atoms with Gasteiger partial charge in [-0.15, -0.1) is 5.10 Å². The van der Waals surface area contributed by atoms with Gasteiger partial charge in [-0.25, -0.2) is 4.68 Å². The van der Waals surface area contributed by atoms with Crippen LogP contribution in [0, 0.1) is 6.92 Å². The van der Waals surface area contributed by atoms with Gasteiger partial charge in [-0.05, 0) is 13.8 Å². The first-order valence-electron chi connectivity index (χ1n) is 3.90. The van der Waals surface area contributed by atoms with E-state index in [1.807, 2.05) is 0 Å². The first-order valence-corrected chi connectivity index (χ1v) is 3.90. The van der Waals surface area contributed by atoms with Gasteiger partial charge in [0.1, 0.15) is 0 Å². The zero-order valence-electron chi connectivity index (χ0n) is 7.56. The van der Waals surface area contributed by atoms with Gasteiger partial charge in [0.05, 0.1) is 18.3 Å². The first kappa shape index (κ1) is 9.66. The Hall–Kier alpha value is -1.43. The molecule has 13 heavy (non-hydrogen) atoms. The molecule has 6 nitrogen and oxygen atoms in total. The molecular weight excluding hydrogens is 172 g/mol. The van der Waals surface area contributed by atoms with Gasteiger partial charge in [0.2, 0.25) is 0 Å². The molecule has 0 saturated carbocycles. The lowest BCUT2D eigenvalue weighted by Crippen LogP contribution is -2.16. The fraction of sp³-hybridized carbons (Fsp3) is 0.571. The molecule has 0 bridgehead atoms. The third-order valence-electron chi connectivity index (χ3n) is 1.65. The van der Waals surface area contributed by atoms with Crippen molar-refractivity contribution in [2.24, 2.45) is 5.73 Å². The fourth-order valence-electron chi connectivity index (χ4n) is 1.01. The Morgan fingerprint density at radius 1 is 1.77 bits per heavy atom. The van der Waals surface area contributed by atoms with E-state index in [1.54, 1.807) is 13.8 Å². The molecule has 0 radical (unpaired) electrons. The van der Waals surface area contributed by atoms with Crippen LogP contribution < -0.4 is 5.73 Å². The zero-order chi connectivity index (χ0) is 10.0. The van der Waals surface area contributed by atoms with Crippen molar-refractivity contribution in [3.63, 3.8) is 0 Å². The summed E-state index contributed by atoms with van der Waals surface area (Å²) in [6.45, 7) is 3.62. The molecule has 1 amide bonds. The maximum Gasteiger partial charge on any atom is 0.271 e. The number of aliphatic hydroxyl groups is 1. The zero-order valence-corrected chi connectivity index (χ0v) is 7.56. The Balaban J connectivity index is 2.93. The fourth-order valence-corrected chi connectivity index (χ4v) is 1.01. The van der Waals surface area contributed by atoms with Crippen molar-refractivity contribution in [2.45, 2.75) is 26.5 Å². The van der Waals surface area contributed by atoms with Crippen molar-refractivity contribution in [2.75, 3.05) is 0 Å². The molecule has 1 unspecified atom stereocenters. The summed E-state index contributed by atoms with van der Waals surface area (Å²) in [6.07, 6.45) is -0.527. The number of nitrogens with zero attached hydrogens (tertiary/aromatic N) is 3. The van der Waals surface area contributed by atoms with Crippen molar-refractivity contribution in [1.82, 2.24) is 15.0 Å². The number of carbonyl (C=O) groups excluding carboxylic acids is 1. The average molecular weight is 184 g/mol. The minimum atomic E-state index is -0.602. The summed E-state index contributed by atoms with van der Waals surface area (Å²) in [5.74, 6) is -0.602. The second-order valence-electron chi connectivity index (χ2n) is 2.92. The van der Waals surface area contributed by atoms with Crippen LogP contribution in [-0.4, -0.2) is 32.1 Å². The molecule has 0 aliphatic carbocycles. The van der Waals surface area contributed by atoms with E-state index >= 15 is 0 Å². The van der Waals surface area contributed by atoms with Gasteiger partial charge in [0.25, 0.3) is 5.91 Å². The van der Waals surface area contributed by atoms with Crippen molar-refractivity contribution < 1.29 is 9.90 Å². The van der Waals surface area contributed by atoms with Crippen LogP contribution in [0.25, 0.3) is 0 Å². The lowest BCUT2D eigenvalue weighted by Gasteiger charge is -2.04. The van der Waals surface area contributed by atoms with E-state index in [0.717, 1.165) is 0 Å². The largest absolute Gasteiger partial charge is 0.391 e. The second kappa shape index (κ2) is 3.53. The van der Waals surface area contributed by atoms with Gasteiger partial charge < -0.3 is 10.8 Å². The minimum Gasteiger partial charge on any atom is -0.391 e. The molecule has 0 fully saturated rings.